The van der Waals surface area contributed by atoms with Gasteiger partial charge in [-0.3, -0.25) is 4.68 Å². The Morgan fingerprint density at radius 3 is 3.16 bits per heavy atom. The molecule has 4 nitrogen and oxygen atoms in total. The monoisotopic (exact) mass is 263 g/mol. The molecule has 1 N–H and O–H groups in total. The van der Waals surface area contributed by atoms with Crippen LogP contribution in [0.4, 0.5) is 0 Å². The number of nitrogens with zero attached hydrogens (tertiary/aromatic N) is 3. The highest BCUT2D eigenvalue weighted by atomic mass is 16.3. The van der Waals surface area contributed by atoms with Gasteiger partial charge in [-0.15, -0.1) is 0 Å². The molecule has 106 valence electrons. The number of aromatic nitrogens is 2. The van der Waals surface area contributed by atoms with Crippen molar-refractivity contribution in [2.45, 2.75) is 51.2 Å². The van der Waals surface area contributed by atoms with Crippen LogP contribution in [0.2, 0.25) is 0 Å². The fraction of sp³-hybridized carbons (Fsp3) is 0.800. The zero-order valence-corrected chi connectivity index (χ0v) is 12.0. The van der Waals surface area contributed by atoms with E-state index in [-0.39, 0.29) is 0 Å². The molecule has 0 saturated carbocycles. The van der Waals surface area contributed by atoms with Crippen LogP contribution in [0.3, 0.4) is 0 Å². The minimum Gasteiger partial charge on any atom is -0.389 e. The van der Waals surface area contributed by atoms with Gasteiger partial charge in [0.15, 0.2) is 0 Å². The molecular formula is C15H25N3O. The maximum absolute atomic E-state index is 10.9. The van der Waals surface area contributed by atoms with Gasteiger partial charge in [0.1, 0.15) is 0 Å². The molecule has 2 bridgehead atoms. The number of rotatable bonds is 4. The Bertz CT molecular complexity index is 444. The van der Waals surface area contributed by atoms with Gasteiger partial charge in [0.2, 0.25) is 0 Å². The average molecular weight is 263 g/mol. The van der Waals surface area contributed by atoms with E-state index in [1.165, 1.54) is 0 Å². The fourth-order valence-electron chi connectivity index (χ4n) is 3.48. The molecule has 4 atom stereocenters. The van der Waals surface area contributed by atoms with Gasteiger partial charge in [0.05, 0.1) is 11.3 Å². The summed E-state index contributed by atoms with van der Waals surface area (Å²) in [6.45, 7) is 7.63. The first-order valence-corrected chi connectivity index (χ1v) is 7.59. The fourth-order valence-corrected chi connectivity index (χ4v) is 3.48. The lowest BCUT2D eigenvalue weighted by Gasteiger charge is -2.38. The first-order valence-electron chi connectivity index (χ1n) is 7.59. The molecule has 4 heteroatoms. The van der Waals surface area contributed by atoms with E-state index in [2.05, 4.69) is 36.1 Å². The summed E-state index contributed by atoms with van der Waals surface area (Å²) in [5, 5.41) is 15.6. The smallest absolute Gasteiger partial charge is 0.0756 e. The number of piperidine rings is 1. The van der Waals surface area contributed by atoms with Crippen LogP contribution in [0.15, 0.2) is 12.3 Å². The minimum atomic E-state index is -0.526. The van der Waals surface area contributed by atoms with Crippen LogP contribution in [0.25, 0.3) is 0 Å². The lowest BCUT2D eigenvalue weighted by atomic mass is 9.79. The molecule has 4 unspecified atom stereocenters. The summed E-state index contributed by atoms with van der Waals surface area (Å²) in [6.07, 6.45) is 5.89. The molecule has 19 heavy (non-hydrogen) atoms. The average Bonchev–Trinajstić information content (AvgIpc) is 3.02. The summed E-state index contributed by atoms with van der Waals surface area (Å²) in [6, 6.07) is 2.52. The van der Waals surface area contributed by atoms with Gasteiger partial charge in [0, 0.05) is 37.7 Å². The SMILES string of the molecule is CCC(C)n1ccc(CC2(O)CCN3CCC2C3)n1. The second-order valence-electron chi connectivity index (χ2n) is 6.36. The van der Waals surface area contributed by atoms with E-state index in [1.807, 2.05) is 4.68 Å². The van der Waals surface area contributed by atoms with Gasteiger partial charge in [0.25, 0.3) is 0 Å². The van der Waals surface area contributed by atoms with Crippen molar-refractivity contribution in [2.75, 3.05) is 19.6 Å². The van der Waals surface area contributed by atoms with Gasteiger partial charge in [-0.2, -0.15) is 5.10 Å². The van der Waals surface area contributed by atoms with Crippen molar-refractivity contribution in [2.24, 2.45) is 5.92 Å². The molecule has 0 amide bonds. The summed E-state index contributed by atoms with van der Waals surface area (Å²) in [5.74, 6) is 0.440. The number of aliphatic hydroxyl groups is 1. The lowest BCUT2D eigenvalue weighted by molar-refractivity contribution is -0.0446. The van der Waals surface area contributed by atoms with Crippen LogP contribution in [-0.2, 0) is 6.42 Å². The van der Waals surface area contributed by atoms with Gasteiger partial charge >= 0.3 is 0 Å². The number of hydrogen-bond donors (Lipinski definition) is 1. The number of hydrogen-bond acceptors (Lipinski definition) is 3. The molecule has 0 aromatic carbocycles. The third kappa shape index (κ3) is 2.43. The predicted molar refractivity (Wildman–Crippen MR) is 75.0 cm³/mol. The van der Waals surface area contributed by atoms with Crippen LogP contribution in [0, 0.1) is 5.92 Å². The van der Waals surface area contributed by atoms with Crippen molar-refractivity contribution >= 4 is 0 Å². The Hall–Kier alpha value is -0.870. The highest BCUT2D eigenvalue weighted by Gasteiger charge is 2.45. The maximum atomic E-state index is 10.9. The zero-order valence-electron chi connectivity index (χ0n) is 12.0. The van der Waals surface area contributed by atoms with E-state index in [1.54, 1.807) is 0 Å². The van der Waals surface area contributed by atoms with Gasteiger partial charge in [-0.05, 0) is 38.8 Å². The highest BCUT2D eigenvalue weighted by molar-refractivity contribution is 5.09. The molecular weight excluding hydrogens is 238 g/mol. The van der Waals surface area contributed by atoms with Gasteiger partial charge in [-0.25, -0.2) is 0 Å². The normalized spacial score (nSPS) is 35.5. The molecule has 0 spiro atoms. The van der Waals surface area contributed by atoms with E-state index in [0.29, 0.717) is 12.0 Å². The Kier molecular flexibility index (Phi) is 3.39. The summed E-state index contributed by atoms with van der Waals surface area (Å²) in [4.78, 5) is 2.47. The summed E-state index contributed by atoms with van der Waals surface area (Å²) < 4.78 is 2.03. The van der Waals surface area contributed by atoms with Gasteiger partial charge in [-0.1, -0.05) is 6.92 Å². The van der Waals surface area contributed by atoms with E-state index < -0.39 is 5.60 Å². The Morgan fingerprint density at radius 2 is 2.37 bits per heavy atom. The largest absolute Gasteiger partial charge is 0.389 e. The first kappa shape index (κ1) is 13.1. The molecule has 2 aliphatic rings. The number of fused-ring (bicyclic) bond motifs is 2. The van der Waals surface area contributed by atoms with E-state index in [0.717, 1.165) is 51.0 Å². The van der Waals surface area contributed by atoms with E-state index in [9.17, 15) is 5.11 Å². The molecule has 0 aliphatic carbocycles. The quantitative estimate of drug-likeness (QED) is 0.901. The van der Waals surface area contributed by atoms with Crippen LogP contribution in [0.5, 0.6) is 0 Å². The second kappa shape index (κ2) is 4.91. The highest BCUT2D eigenvalue weighted by Crippen LogP contribution is 2.37. The lowest BCUT2D eigenvalue weighted by Crippen LogP contribution is -2.47. The topological polar surface area (TPSA) is 41.3 Å². The van der Waals surface area contributed by atoms with Crippen molar-refractivity contribution in [1.29, 1.82) is 0 Å². The molecule has 2 fully saturated rings. The molecule has 2 saturated heterocycles. The molecule has 0 radical (unpaired) electrons. The second-order valence-corrected chi connectivity index (χ2v) is 6.36. The predicted octanol–water partition coefficient (Wildman–Crippen LogP) is 1.85. The zero-order chi connectivity index (χ0) is 13.5. The molecule has 1 aromatic heterocycles. The van der Waals surface area contributed by atoms with Crippen molar-refractivity contribution in [1.82, 2.24) is 14.7 Å². The minimum absolute atomic E-state index is 0.440. The Labute approximate surface area is 115 Å². The standard InChI is InChI=1S/C15H25N3O/c1-3-12(2)18-8-5-14(16-18)10-15(19)6-9-17-7-4-13(15)11-17/h5,8,12-13,19H,3-4,6-7,9-11H2,1-2H3. The van der Waals surface area contributed by atoms with Crippen LogP contribution in [-0.4, -0.2) is 45.0 Å². The molecule has 3 rings (SSSR count). The van der Waals surface area contributed by atoms with Gasteiger partial charge < -0.3 is 10.0 Å². The summed E-state index contributed by atoms with van der Waals surface area (Å²) in [7, 11) is 0. The van der Waals surface area contributed by atoms with E-state index in [4.69, 9.17) is 0 Å². The van der Waals surface area contributed by atoms with Crippen molar-refractivity contribution in [3.63, 3.8) is 0 Å². The van der Waals surface area contributed by atoms with Crippen molar-refractivity contribution in [3.8, 4) is 0 Å². The summed E-state index contributed by atoms with van der Waals surface area (Å²) in [5.41, 5.74) is 0.518. The van der Waals surface area contributed by atoms with Crippen molar-refractivity contribution < 1.29 is 5.11 Å². The third-order valence-electron chi connectivity index (χ3n) is 5.09. The third-order valence-corrected chi connectivity index (χ3v) is 5.09. The molecule has 2 aliphatic heterocycles. The summed E-state index contributed by atoms with van der Waals surface area (Å²) >= 11 is 0. The first-order chi connectivity index (χ1) is 9.10. The molecule has 3 heterocycles. The molecule has 1 aromatic rings. The van der Waals surface area contributed by atoms with Crippen LogP contribution < -0.4 is 0 Å². The van der Waals surface area contributed by atoms with Crippen molar-refractivity contribution in [3.05, 3.63) is 18.0 Å². The van der Waals surface area contributed by atoms with E-state index >= 15 is 0 Å². The Balaban J connectivity index is 1.72. The van der Waals surface area contributed by atoms with Crippen LogP contribution in [0.1, 0.15) is 44.8 Å². The van der Waals surface area contributed by atoms with Crippen LogP contribution >= 0.6 is 0 Å². The Morgan fingerprint density at radius 1 is 1.53 bits per heavy atom. The maximum Gasteiger partial charge on any atom is 0.0756 e.